The summed E-state index contributed by atoms with van der Waals surface area (Å²) < 4.78 is 5.51. The molecule has 1 atom stereocenters. The van der Waals surface area contributed by atoms with E-state index in [4.69, 9.17) is 4.74 Å². The van der Waals surface area contributed by atoms with Crippen molar-refractivity contribution in [3.05, 3.63) is 0 Å². The monoisotopic (exact) mass is 251 g/mol. The predicted molar refractivity (Wildman–Crippen MR) is 73.5 cm³/mol. The van der Waals surface area contributed by atoms with Crippen molar-refractivity contribution < 1.29 is 4.74 Å². The molecule has 0 amide bonds. The molecule has 2 fully saturated rings. The zero-order valence-electron chi connectivity index (χ0n) is 11.5. The second-order valence-electron chi connectivity index (χ2n) is 5.38. The largest absolute Gasteiger partial charge is 0.376 e. The molecule has 1 aliphatic heterocycles. The lowest BCUT2D eigenvalue weighted by Gasteiger charge is -2.30. The molecule has 0 bridgehead atoms. The van der Waals surface area contributed by atoms with Crippen molar-refractivity contribution in [3.63, 3.8) is 0 Å². The summed E-state index contributed by atoms with van der Waals surface area (Å²) in [6, 6.07) is 3.39. The number of hydrogen-bond donors (Lipinski definition) is 0. The van der Waals surface area contributed by atoms with Crippen LogP contribution in [0.3, 0.4) is 0 Å². The highest BCUT2D eigenvalue weighted by atomic mass is 16.5. The molecule has 1 saturated heterocycles. The first kappa shape index (κ1) is 13.7. The summed E-state index contributed by atoms with van der Waals surface area (Å²) >= 11 is 0. The normalized spacial score (nSPS) is 26.6. The van der Waals surface area contributed by atoms with Crippen molar-refractivity contribution >= 4 is 6.01 Å². The lowest BCUT2D eigenvalue weighted by atomic mass is 9.96. The van der Waals surface area contributed by atoms with E-state index in [-0.39, 0.29) is 0 Å². The number of rotatable bonds is 4. The van der Waals surface area contributed by atoms with Crippen molar-refractivity contribution in [1.29, 1.82) is 0 Å². The van der Waals surface area contributed by atoms with E-state index in [2.05, 4.69) is 27.8 Å². The number of hydrogen-bond acceptors (Lipinski definition) is 4. The topological polar surface area (TPSA) is 37.2 Å². The van der Waals surface area contributed by atoms with Crippen molar-refractivity contribution in [2.75, 3.05) is 32.8 Å². The van der Waals surface area contributed by atoms with E-state index in [9.17, 15) is 0 Å². The molecule has 0 spiro atoms. The van der Waals surface area contributed by atoms with E-state index in [1.54, 1.807) is 0 Å². The Morgan fingerprint density at radius 1 is 1.28 bits per heavy atom. The van der Waals surface area contributed by atoms with Gasteiger partial charge < -0.3 is 4.74 Å². The van der Waals surface area contributed by atoms with Crippen molar-refractivity contribution in [1.82, 2.24) is 4.90 Å². The van der Waals surface area contributed by atoms with Gasteiger partial charge in [-0.25, -0.2) is 9.98 Å². The Kier molecular flexibility index (Phi) is 5.85. The van der Waals surface area contributed by atoms with Gasteiger partial charge in [-0.2, -0.15) is 0 Å². The quantitative estimate of drug-likeness (QED) is 0.718. The van der Waals surface area contributed by atoms with Crippen LogP contribution in [0, 0.1) is 0 Å². The Balaban J connectivity index is 1.63. The second kappa shape index (κ2) is 7.67. The van der Waals surface area contributed by atoms with Gasteiger partial charge >= 0.3 is 0 Å². The molecular formula is C14H25N3O. The highest BCUT2D eigenvalue weighted by Gasteiger charge is 2.15. The van der Waals surface area contributed by atoms with Gasteiger partial charge in [-0.15, -0.1) is 0 Å². The van der Waals surface area contributed by atoms with Gasteiger partial charge in [0, 0.05) is 19.6 Å². The van der Waals surface area contributed by atoms with Gasteiger partial charge in [0.2, 0.25) is 0 Å². The van der Waals surface area contributed by atoms with Crippen LogP contribution in [0.25, 0.3) is 0 Å². The van der Waals surface area contributed by atoms with Crippen molar-refractivity contribution in [2.24, 2.45) is 9.98 Å². The molecule has 1 unspecified atom stereocenters. The first-order chi connectivity index (χ1) is 8.84. The van der Waals surface area contributed by atoms with Gasteiger partial charge in [0.1, 0.15) is 0 Å². The molecule has 0 aromatic rings. The van der Waals surface area contributed by atoms with E-state index < -0.39 is 0 Å². The van der Waals surface area contributed by atoms with Crippen LogP contribution in [-0.4, -0.2) is 55.8 Å². The Labute approximate surface area is 110 Å². The van der Waals surface area contributed by atoms with Crippen LogP contribution in [0.4, 0.5) is 0 Å². The highest BCUT2D eigenvalue weighted by Crippen LogP contribution is 2.19. The van der Waals surface area contributed by atoms with Crippen LogP contribution < -0.4 is 0 Å². The molecule has 4 nitrogen and oxygen atoms in total. The predicted octanol–water partition coefficient (Wildman–Crippen LogP) is 2.21. The molecule has 1 heterocycles. The summed E-state index contributed by atoms with van der Waals surface area (Å²) in [5, 5.41) is 0. The Morgan fingerprint density at radius 3 is 2.89 bits per heavy atom. The smallest absolute Gasteiger partial charge is 0.0895 e. The molecule has 1 saturated carbocycles. The van der Waals surface area contributed by atoms with Gasteiger partial charge in [-0.3, -0.25) is 4.90 Å². The molecule has 0 aromatic carbocycles. The van der Waals surface area contributed by atoms with E-state index >= 15 is 0 Å². The standard InChI is InChI=1S/C14H25N3O/c1-13-11-17(9-10-18-13)8-7-15-12-16-14-5-3-2-4-6-14/h13-14H,2-11H2,1H3. The lowest BCUT2D eigenvalue weighted by molar-refractivity contribution is -0.0169. The van der Waals surface area contributed by atoms with E-state index in [0.717, 1.165) is 32.8 Å². The third-order valence-corrected chi connectivity index (χ3v) is 3.74. The van der Waals surface area contributed by atoms with Gasteiger partial charge in [0.15, 0.2) is 0 Å². The summed E-state index contributed by atoms with van der Waals surface area (Å²) in [4.78, 5) is 11.1. The number of nitrogens with zero attached hydrogens (tertiary/aromatic N) is 3. The van der Waals surface area contributed by atoms with Gasteiger partial charge in [-0.1, -0.05) is 19.3 Å². The van der Waals surface area contributed by atoms with Gasteiger partial charge in [0.05, 0.1) is 31.3 Å². The fraction of sp³-hybridized carbons (Fsp3) is 0.929. The average Bonchev–Trinajstić information content (AvgIpc) is 2.40. The zero-order chi connectivity index (χ0) is 12.6. The van der Waals surface area contributed by atoms with Crippen LogP contribution in [0.15, 0.2) is 9.98 Å². The zero-order valence-corrected chi connectivity index (χ0v) is 11.5. The fourth-order valence-electron chi connectivity index (χ4n) is 2.67. The molecule has 1 aliphatic carbocycles. The average molecular weight is 251 g/mol. The third kappa shape index (κ3) is 4.89. The molecule has 2 aliphatic rings. The van der Waals surface area contributed by atoms with Crippen LogP contribution >= 0.6 is 0 Å². The van der Waals surface area contributed by atoms with Gasteiger partial charge in [-0.05, 0) is 19.8 Å². The highest BCUT2D eigenvalue weighted by molar-refractivity contribution is 5.41. The molecule has 4 heteroatoms. The summed E-state index contributed by atoms with van der Waals surface area (Å²) in [6.45, 7) is 6.83. The maximum absolute atomic E-state index is 5.51. The van der Waals surface area contributed by atoms with Crippen molar-refractivity contribution in [3.8, 4) is 0 Å². The molecule has 2 rings (SSSR count). The third-order valence-electron chi connectivity index (χ3n) is 3.74. The van der Waals surface area contributed by atoms with Crippen LogP contribution in [0.5, 0.6) is 0 Å². The number of aliphatic imine (C=N–C) groups is 2. The van der Waals surface area contributed by atoms with Gasteiger partial charge in [0.25, 0.3) is 0 Å². The molecule has 0 radical (unpaired) electrons. The first-order valence-corrected chi connectivity index (χ1v) is 7.30. The SMILES string of the molecule is CC1CN(CCN=C=NC2CCCCC2)CCO1. The van der Waals surface area contributed by atoms with E-state index in [1.165, 1.54) is 32.1 Å². The second-order valence-corrected chi connectivity index (χ2v) is 5.38. The maximum Gasteiger partial charge on any atom is 0.0895 e. The van der Waals surface area contributed by atoms with Crippen LogP contribution in [-0.2, 0) is 4.74 Å². The number of morpholine rings is 1. The minimum atomic E-state index is 0.360. The molecule has 0 aromatic heterocycles. The maximum atomic E-state index is 5.51. The lowest BCUT2D eigenvalue weighted by Crippen LogP contribution is -2.42. The summed E-state index contributed by atoms with van der Waals surface area (Å²) in [5.41, 5.74) is 0. The van der Waals surface area contributed by atoms with Crippen LogP contribution in [0.1, 0.15) is 39.0 Å². The number of ether oxygens (including phenoxy) is 1. The first-order valence-electron chi connectivity index (χ1n) is 7.30. The van der Waals surface area contributed by atoms with Crippen molar-refractivity contribution in [2.45, 2.75) is 51.2 Å². The molecule has 18 heavy (non-hydrogen) atoms. The fourth-order valence-corrected chi connectivity index (χ4v) is 2.67. The minimum absolute atomic E-state index is 0.360. The Bertz CT molecular complexity index is 293. The Hall–Kier alpha value is -0.700. The van der Waals surface area contributed by atoms with Crippen LogP contribution in [0.2, 0.25) is 0 Å². The molecular weight excluding hydrogens is 226 g/mol. The van der Waals surface area contributed by atoms with E-state index in [0.29, 0.717) is 12.1 Å². The minimum Gasteiger partial charge on any atom is -0.376 e. The molecule has 0 N–H and O–H groups in total. The molecule has 102 valence electrons. The van der Waals surface area contributed by atoms with E-state index in [1.807, 2.05) is 0 Å². The summed E-state index contributed by atoms with van der Waals surface area (Å²) in [6.07, 6.45) is 6.83. The summed E-state index contributed by atoms with van der Waals surface area (Å²) in [5.74, 6) is 0. The Morgan fingerprint density at radius 2 is 2.11 bits per heavy atom. The summed E-state index contributed by atoms with van der Waals surface area (Å²) in [7, 11) is 0.